The van der Waals surface area contributed by atoms with Crippen molar-refractivity contribution in [2.75, 3.05) is 0 Å². The SMILES string of the molecule is CC(C)Cc1ccc([PH](=O)Cl)cc1. The monoisotopic (exact) mass is 216 g/mol. The van der Waals surface area contributed by atoms with Crippen molar-refractivity contribution in [2.24, 2.45) is 5.92 Å². The van der Waals surface area contributed by atoms with E-state index in [2.05, 4.69) is 13.8 Å². The molecule has 0 heterocycles. The molecule has 1 aromatic carbocycles. The number of hydrogen-bond donors (Lipinski definition) is 0. The number of rotatable bonds is 3. The van der Waals surface area contributed by atoms with Crippen LogP contribution in [0.15, 0.2) is 24.3 Å². The predicted octanol–water partition coefficient (Wildman–Crippen LogP) is 3.22. The molecule has 3 heteroatoms. The summed E-state index contributed by atoms with van der Waals surface area (Å²) in [6, 6.07) is 7.71. The highest BCUT2D eigenvalue weighted by Crippen LogP contribution is 2.25. The van der Waals surface area contributed by atoms with E-state index in [1.165, 1.54) is 5.56 Å². The van der Waals surface area contributed by atoms with Crippen molar-refractivity contribution < 1.29 is 4.57 Å². The van der Waals surface area contributed by atoms with Gasteiger partial charge in [0, 0.05) is 5.30 Å². The van der Waals surface area contributed by atoms with Gasteiger partial charge in [0.05, 0.1) is 0 Å². The van der Waals surface area contributed by atoms with Gasteiger partial charge in [-0.15, -0.1) is 0 Å². The molecule has 72 valence electrons. The lowest BCUT2D eigenvalue weighted by molar-refractivity contribution is 0.600. The third kappa shape index (κ3) is 3.54. The van der Waals surface area contributed by atoms with E-state index in [1.807, 2.05) is 24.3 Å². The Bertz CT molecular complexity index is 292. The zero-order valence-corrected chi connectivity index (χ0v) is 9.64. The normalized spacial score (nSPS) is 13.2. The molecule has 13 heavy (non-hydrogen) atoms. The predicted molar refractivity (Wildman–Crippen MR) is 59.5 cm³/mol. The van der Waals surface area contributed by atoms with E-state index in [-0.39, 0.29) is 0 Å². The summed E-state index contributed by atoms with van der Waals surface area (Å²) < 4.78 is 10.9. The van der Waals surface area contributed by atoms with Crippen molar-refractivity contribution in [3.05, 3.63) is 29.8 Å². The summed E-state index contributed by atoms with van der Waals surface area (Å²) in [6.07, 6.45) is 1.06. The molecule has 0 saturated carbocycles. The van der Waals surface area contributed by atoms with E-state index in [4.69, 9.17) is 11.2 Å². The van der Waals surface area contributed by atoms with Crippen LogP contribution in [0, 0.1) is 5.92 Å². The molecule has 0 aliphatic heterocycles. The van der Waals surface area contributed by atoms with Gasteiger partial charge >= 0.3 is 0 Å². The molecule has 0 bridgehead atoms. The third-order valence-electron chi connectivity index (χ3n) is 1.82. The summed E-state index contributed by atoms with van der Waals surface area (Å²) in [4.78, 5) is 0. The molecule has 0 radical (unpaired) electrons. The molecule has 0 spiro atoms. The maximum Gasteiger partial charge on any atom is 0.186 e. The minimum absolute atomic E-state index is 0.652. The minimum atomic E-state index is -2.03. The molecule has 0 aliphatic carbocycles. The van der Waals surface area contributed by atoms with Crippen molar-refractivity contribution in [1.29, 1.82) is 0 Å². The van der Waals surface area contributed by atoms with Gasteiger partial charge in [-0.05, 0) is 17.9 Å². The van der Waals surface area contributed by atoms with E-state index >= 15 is 0 Å². The molecule has 0 aromatic heterocycles. The Labute approximate surface area is 84.7 Å². The van der Waals surface area contributed by atoms with Crippen molar-refractivity contribution in [3.63, 3.8) is 0 Å². The number of benzene rings is 1. The summed E-state index contributed by atoms with van der Waals surface area (Å²) in [5.74, 6) is 0.652. The first-order valence-corrected chi connectivity index (χ1v) is 6.80. The fourth-order valence-electron chi connectivity index (χ4n) is 1.24. The fourth-order valence-corrected chi connectivity index (χ4v) is 2.05. The maximum atomic E-state index is 10.9. The molecule has 0 N–H and O–H groups in total. The molecule has 1 aromatic rings. The smallest absolute Gasteiger partial charge is 0.186 e. The van der Waals surface area contributed by atoms with Gasteiger partial charge in [0.2, 0.25) is 0 Å². The largest absolute Gasteiger partial charge is 0.305 e. The first-order valence-electron chi connectivity index (χ1n) is 4.38. The van der Waals surface area contributed by atoms with Gasteiger partial charge in [-0.25, -0.2) is 0 Å². The summed E-state index contributed by atoms with van der Waals surface area (Å²) >= 11 is 5.51. The second-order valence-electron chi connectivity index (χ2n) is 3.57. The Morgan fingerprint density at radius 1 is 1.31 bits per heavy atom. The Balaban J connectivity index is 2.75. The van der Waals surface area contributed by atoms with Crippen LogP contribution in [-0.4, -0.2) is 0 Å². The van der Waals surface area contributed by atoms with Crippen LogP contribution in [0.3, 0.4) is 0 Å². The van der Waals surface area contributed by atoms with Gasteiger partial charge in [-0.1, -0.05) is 49.4 Å². The second kappa shape index (κ2) is 4.83. The molecule has 0 amide bonds. The quantitative estimate of drug-likeness (QED) is 0.709. The Morgan fingerprint density at radius 3 is 2.23 bits per heavy atom. The average Bonchev–Trinajstić information content (AvgIpc) is 2.04. The Kier molecular flexibility index (Phi) is 4.02. The third-order valence-corrected chi connectivity index (χ3v) is 3.27. The Morgan fingerprint density at radius 2 is 1.85 bits per heavy atom. The molecule has 0 saturated heterocycles. The molecule has 0 fully saturated rings. The summed E-state index contributed by atoms with van der Waals surface area (Å²) in [6.45, 7) is 4.36. The molecule has 1 unspecified atom stereocenters. The molecule has 1 atom stereocenters. The maximum absolute atomic E-state index is 10.9. The lowest BCUT2D eigenvalue weighted by Crippen LogP contribution is -1.97. The highest BCUT2D eigenvalue weighted by molar-refractivity contribution is 7.80. The fraction of sp³-hybridized carbons (Fsp3) is 0.400. The van der Waals surface area contributed by atoms with Crippen LogP contribution in [0.4, 0.5) is 0 Å². The van der Waals surface area contributed by atoms with E-state index in [0.29, 0.717) is 5.92 Å². The van der Waals surface area contributed by atoms with Crippen LogP contribution in [0.5, 0.6) is 0 Å². The molecular formula is C10H14ClOP. The van der Waals surface area contributed by atoms with Crippen molar-refractivity contribution in [1.82, 2.24) is 0 Å². The first kappa shape index (κ1) is 10.8. The van der Waals surface area contributed by atoms with Crippen LogP contribution in [0.2, 0.25) is 0 Å². The minimum Gasteiger partial charge on any atom is -0.305 e. The summed E-state index contributed by atoms with van der Waals surface area (Å²) in [7, 11) is -2.03. The Hall–Kier alpha value is -0.260. The van der Waals surface area contributed by atoms with Gasteiger partial charge in [0.25, 0.3) is 0 Å². The van der Waals surface area contributed by atoms with E-state index in [0.717, 1.165) is 11.7 Å². The highest BCUT2D eigenvalue weighted by atomic mass is 35.7. The van der Waals surface area contributed by atoms with E-state index < -0.39 is 7.15 Å². The van der Waals surface area contributed by atoms with Crippen LogP contribution < -0.4 is 5.30 Å². The molecule has 1 rings (SSSR count). The average molecular weight is 217 g/mol. The first-order chi connectivity index (χ1) is 6.09. The molecule has 1 nitrogen and oxygen atoms in total. The van der Waals surface area contributed by atoms with Crippen LogP contribution in [0.1, 0.15) is 19.4 Å². The zero-order chi connectivity index (χ0) is 9.84. The van der Waals surface area contributed by atoms with E-state index in [9.17, 15) is 4.57 Å². The van der Waals surface area contributed by atoms with Crippen LogP contribution in [0.25, 0.3) is 0 Å². The second-order valence-corrected chi connectivity index (χ2v) is 5.72. The lowest BCUT2D eigenvalue weighted by Gasteiger charge is -2.04. The number of hydrogen-bond acceptors (Lipinski definition) is 1. The number of halogens is 1. The van der Waals surface area contributed by atoms with Crippen LogP contribution >= 0.6 is 18.4 Å². The van der Waals surface area contributed by atoms with Crippen molar-refractivity contribution in [2.45, 2.75) is 20.3 Å². The highest BCUT2D eigenvalue weighted by Gasteiger charge is 2.00. The van der Waals surface area contributed by atoms with E-state index in [1.54, 1.807) is 0 Å². The van der Waals surface area contributed by atoms with Gasteiger partial charge < -0.3 is 4.57 Å². The van der Waals surface area contributed by atoms with Gasteiger partial charge in [0.1, 0.15) is 0 Å². The van der Waals surface area contributed by atoms with Gasteiger partial charge in [-0.2, -0.15) is 0 Å². The molecular weight excluding hydrogens is 203 g/mol. The standard InChI is InChI=1S/C10H14ClOP/c1-8(2)7-9-3-5-10(6-4-9)13(11)12/h3-6,8,13H,7H2,1-2H3. The van der Waals surface area contributed by atoms with Crippen molar-refractivity contribution >= 4 is 23.7 Å². The van der Waals surface area contributed by atoms with Gasteiger partial charge in [-0.3, -0.25) is 0 Å². The summed E-state index contributed by atoms with van der Waals surface area (Å²) in [5, 5.41) is 0.749. The zero-order valence-electron chi connectivity index (χ0n) is 7.88. The van der Waals surface area contributed by atoms with Gasteiger partial charge in [0.15, 0.2) is 7.15 Å². The van der Waals surface area contributed by atoms with Crippen molar-refractivity contribution in [3.8, 4) is 0 Å². The van der Waals surface area contributed by atoms with Crippen LogP contribution in [-0.2, 0) is 11.0 Å². The topological polar surface area (TPSA) is 17.1 Å². The molecule has 0 aliphatic rings. The summed E-state index contributed by atoms with van der Waals surface area (Å²) in [5.41, 5.74) is 1.28. The lowest BCUT2D eigenvalue weighted by atomic mass is 10.0.